The van der Waals surface area contributed by atoms with Crippen molar-refractivity contribution < 1.29 is 14.3 Å². The molecule has 2 aromatic rings. The van der Waals surface area contributed by atoms with Crippen molar-refractivity contribution in [1.82, 2.24) is 4.90 Å². The number of ether oxygens (including phenoxy) is 2. The summed E-state index contributed by atoms with van der Waals surface area (Å²) in [4.78, 5) is 19.2. The van der Waals surface area contributed by atoms with Gasteiger partial charge in [-0.1, -0.05) is 24.3 Å². The summed E-state index contributed by atoms with van der Waals surface area (Å²) in [5.41, 5.74) is 1.78. The summed E-state index contributed by atoms with van der Waals surface area (Å²) in [7, 11) is 3.27. The molecular formula is C23H28N4O3. The van der Waals surface area contributed by atoms with Gasteiger partial charge in [0.25, 0.3) is 0 Å². The Morgan fingerprint density at radius 3 is 2.30 bits per heavy atom. The number of hydrogen-bond donors (Lipinski definition) is 0. The van der Waals surface area contributed by atoms with Gasteiger partial charge >= 0.3 is 0 Å². The molecule has 0 atom stereocenters. The zero-order valence-electron chi connectivity index (χ0n) is 17.6. The van der Waals surface area contributed by atoms with Crippen LogP contribution in [0.4, 0.5) is 11.4 Å². The molecule has 1 aliphatic rings. The maximum atomic E-state index is 13.1. The van der Waals surface area contributed by atoms with Crippen molar-refractivity contribution in [2.45, 2.75) is 6.42 Å². The number of amides is 1. The number of hydrogen-bond acceptors (Lipinski definition) is 6. The van der Waals surface area contributed by atoms with Gasteiger partial charge in [0.15, 0.2) is 0 Å². The quantitative estimate of drug-likeness (QED) is 0.669. The highest BCUT2D eigenvalue weighted by molar-refractivity contribution is 5.96. The Balaban J connectivity index is 1.65. The monoisotopic (exact) mass is 408 g/mol. The van der Waals surface area contributed by atoms with Gasteiger partial charge < -0.3 is 19.3 Å². The standard InChI is InChI=1S/C23H28N4O3/c1-29-21-10-5-3-8-19(21)26-16-14-25(15-17-26)18-23(28)27(13-7-12-24)20-9-4-6-11-22(20)30-2/h3-6,8-11H,7,13-18H2,1-2H3. The molecule has 1 amide bonds. The second-order valence-corrected chi connectivity index (χ2v) is 7.06. The molecule has 1 aliphatic heterocycles. The van der Waals surface area contributed by atoms with Crippen molar-refractivity contribution in [3.05, 3.63) is 48.5 Å². The Bertz CT molecular complexity index is 888. The number of carbonyl (C=O) groups is 1. The highest BCUT2D eigenvalue weighted by Gasteiger charge is 2.25. The first kappa shape index (κ1) is 21.5. The first-order chi connectivity index (χ1) is 14.7. The number of rotatable bonds is 8. The van der Waals surface area contributed by atoms with Crippen LogP contribution in [0.5, 0.6) is 11.5 Å². The van der Waals surface area contributed by atoms with Crippen LogP contribution in [-0.2, 0) is 4.79 Å². The van der Waals surface area contributed by atoms with E-state index in [1.165, 1.54) is 0 Å². The maximum Gasteiger partial charge on any atom is 0.241 e. The van der Waals surface area contributed by atoms with Gasteiger partial charge in [0.05, 0.1) is 44.6 Å². The highest BCUT2D eigenvalue weighted by atomic mass is 16.5. The minimum Gasteiger partial charge on any atom is -0.495 e. The fourth-order valence-corrected chi connectivity index (χ4v) is 3.71. The molecule has 1 fully saturated rings. The number of methoxy groups -OCH3 is 2. The van der Waals surface area contributed by atoms with E-state index < -0.39 is 0 Å². The maximum absolute atomic E-state index is 13.1. The van der Waals surface area contributed by atoms with E-state index in [4.69, 9.17) is 14.7 Å². The van der Waals surface area contributed by atoms with Crippen LogP contribution in [-0.4, -0.2) is 64.3 Å². The van der Waals surface area contributed by atoms with Crippen LogP contribution < -0.4 is 19.3 Å². The smallest absolute Gasteiger partial charge is 0.241 e. The van der Waals surface area contributed by atoms with Crippen molar-refractivity contribution in [3.63, 3.8) is 0 Å². The second kappa shape index (κ2) is 10.5. The van der Waals surface area contributed by atoms with Crippen molar-refractivity contribution in [3.8, 4) is 17.6 Å². The number of piperazine rings is 1. The fraction of sp³-hybridized carbons (Fsp3) is 0.391. The number of nitriles is 1. The highest BCUT2D eigenvalue weighted by Crippen LogP contribution is 2.29. The lowest BCUT2D eigenvalue weighted by molar-refractivity contribution is -0.119. The third kappa shape index (κ3) is 5.02. The zero-order chi connectivity index (χ0) is 21.3. The molecule has 0 unspecified atom stereocenters. The zero-order valence-corrected chi connectivity index (χ0v) is 17.6. The SMILES string of the molecule is COc1ccccc1N1CCN(CC(=O)N(CCC#N)c2ccccc2OC)CC1. The molecule has 0 saturated carbocycles. The van der Waals surface area contributed by atoms with E-state index in [1.54, 1.807) is 19.1 Å². The summed E-state index contributed by atoms with van der Waals surface area (Å²) in [5, 5.41) is 9.03. The Hall–Kier alpha value is -3.24. The van der Waals surface area contributed by atoms with E-state index in [9.17, 15) is 4.79 Å². The molecule has 7 nitrogen and oxygen atoms in total. The molecule has 1 heterocycles. The van der Waals surface area contributed by atoms with Crippen LogP contribution in [0.2, 0.25) is 0 Å². The van der Waals surface area contributed by atoms with Crippen LogP contribution in [0.3, 0.4) is 0 Å². The van der Waals surface area contributed by atoms with E-state index >= 15 is 0 Å². The van der Waals surface area contributed by atoms with Gasteiger partial charge in [-0.3, -0.25) is 9.69 Å². The molecule has 0 aliphatic carbocycles. The lowest BCUT2D eigenvalue weighted by atomic mass is 10.2. The Morgan fingerprint density at radius 1 is 1.00 bits per heavy atom. The second-order valence-electron chi connectivity index (χ2n) is 7.06. The molecule has 0 N–H and O–H groups in total. The van der Waals surface area contributed by atoms with Crippen LogP contribution in [0.1, 0.15) is 6.42 Å². The van der Waals surface area contributed by atoms with Gasteiger partial charge in [0.1, 0.15) is 11.5 Å². The third-order valence-electron chi connectivity index (χ3n) is 5.28. The summed E-state index contributed by atoms with van der Waals surface area (Å²) < 4.78 is 10.9. The van der Waals surface area contributed by atoms with E-state index in [0.29, 0.717) is 24.5 Å². The molecule has 30 heavy (non-hydrogen) atoms. The van der Waals surface area contributed by atoms with E-state index in [1.807, 2.05) is 42.5 Å². The van der Waals surface area contributed by atoms with Gasteiger partial charge in [-0.2, -0.15) is 5.26 Å². The molecule has 0 spiro atoms. The predicted molar refractivity (Wildman–Crippen MR) is 117 cm³/mol. The lowest BCUT2D eigenvalue weighted by Crippen LogP contribution is -2.50. The molecule has 0 radical (unpaired) electrons. The Kier molecular flexibility index (Phi) is 7.52. The molecule has 7 heteroatoms. The van der Waals surface area contributed by atoms with Gasteiger partial charge in [0, 0.05) is 32.7 Å². The molecular weight excluding hydrogens is 380 g/mol. The predicted octanol–water partition coefficient (Wildman–Crippen LogP) is 2.77. The number of nitrogens with zero attached hydrogens (tertiary/aromatic N) is 4. The van der Waals surface area contributed by atoms with Gasteiger partial charge in [-0.05, 0) is 24.3 Å². The van der Waals surface area contributed by atoms with Crippen molar-refractivity contribution in [2.24, 2.45) is 0 Å². The first-order valence-electron chi connectivity index (χ1n) is 10.1. The molecule has 1 saturated heterocycles. The first-order valence-corrected chi connectivity index (χ1v) is 10.1. The minimum absolute atomic E-state index is 0.0273. The average molecular weight is 409 g/mol. The molecule has 158 valence electrons. The molecule has 0 bridgehead atoms. The van der Waals surface area contributed by atoms with Crippen LogP contribution in [0, 0.1) is 11.3 Å². The van der Waals surface area contributed by atoms with E-state index in [-0.39, 0.29) is 12.3 Å². The fourth-order valence-electron chi connectivity index (χ4n) is 3.71. The topological polar surface area (TPSA) is 69.0 Å². The third-order valence-corrected chi connectivity index (χ3v) is 5.28. The normalized spacial score (nSPS) is 14.1. The van der Waals surface area contributed by atoms with Crippen molar-refractivity contribution in [2.75, 3.05) is 63.3 Å². The summed E-state index contributed by atoms with van der Waals surface area (Å²) >= 11 is 0. The summed E-state index contributed by atoms with van der Waals surface area (Å²) in [6, 6.07) is 17.5. The Labute approximate surface area is 178 Å². The van der Waals surface area contributed by atoms with Gasteiger partial charge in [0.2, 0.25) is 5.91 Å². The van der Waals surface area contributed by atoms with Gasteiger partial charge in [-0.25, -0.2) is 0 Å². The van der Waals surface area contributed by atoms with Crippen LogP contribution >= 0.6 is 0 Å². The summed E-state index contributed by atoms with van der Waals surface area (Å²) in [6.45, 7) is 3.85. The lowest BCUT2D eigenvalue weighted by Gasteiger charge is -2.37. The summed E-state index contributed by atoms with van der Waals surface area (Å²) in [6.07, 6.45) is 0.269. The number of carbonyl (C=O) groups excluding carboxylic acids is 1. The van der Waals surface area contributed by atoms with E-state index in [2.05, 4.69) is 21.9 Å². The number of anilines is 2. The van der Waals surface area contributed by atoms with E-state index in [0.717, 1.165) is 37.6 Å². The van der Waals surface area contributed by atoms with Crippen molar-refractivity contribution >= 4 is 17.3 Å². The molecule has 3 rings (SSSR count). The Morgan fingerprint density at radius 2 is 1.63 bits per heavy atom. The van der Waals surface area contributed by atoms with Crippen LogP contribution in [0.15, 0.2) is 48.5 Å². The van der Waals surface area contributed by atoms with Crippen molar-refractivity contribution in [1.29, 1.82) is 5.26 Å². The van der Waals surface area contributed by atoms with Gasteiger partial charge in [-0.15, -0.1) is 0 Å². The number of para-hydroxylation sites is 4. The largest absolute Gasteiger partial charge is 0.495 e. The average Bonchev–Trinajstić information content (AvgIpc) is 2.80. The molecule has 2 aromatic carbocycles. The number of benzene rings is 2. The van der Waals surface area contributed by atoms with Crippen LogP contribution in [0.25, 0.3) is 0 Å². The summed E-state index contributed by atoms with van der Waals surface area (Å²) in [5.74, 6) is 1.46. The minimum atomic E-state index is -0.0273. The molecule has 0 aromatic heterocycles.